The van der Waals surface area contributed by atoms with Gasteiger partial charge in [0.1, 0.15) is 0 Å². The van der Waals surface area contributed by atoms with E-state index < -0.39 is 5.67 Å². The third kappa shape index (κ3) is 3.87. The SMILES string of the molecule is Cc1ccccc1[C@H]1C=C2c3ccccc3CC[C@@]2(F)CN1C(=O)c1ccc(C(C)(C)C)cc1. The van der Waals surface area contributed by atoms with Gasteiger partial charge in [0.15, 0.2) is 5.67 Å². The molecule has 1 amide bonds. The Hall–Kier alpha value is -3.20. The van der Waals surface area contributed by atoms with E-state index >= 15 is 4.39 Å². The van der Waals surface area contributed by atoms with E-state index in [2.05, 4.69) is 45.9 Å². The van der Waals surface area contributed by atoms with Crippen molar-refractivity contribution in [2.45, 2.75) is 57.7 Å². The molecule has 0 saturated heterocycles. The van der Waals surface area contributed by atoms with E-state index in [9.17, 15) is 4.79 Å². The largest absolute Gasteiger partial charge is 0.325 e. The first-order valence-corrected chi connectivity index (χ1v) is 12.1. The zero-order valence-electron chi connectivity index (χ0n) is 20.4. The van der Waals surface area contributed by atoms with E-state index in [1.54, 1.807) is 4.90 Å². The molecule has 174 valence electrons. The maximum atomic E-state index is 16.6. The second-order valence-electron chi connectivity index (χ2n) is 10.8. The Kier molecular flexibility index (Phi) is 5.47. The number of nitrogens with zero attached hydrogens (tertiary/aromatic N) is 1. The van der Waals surface area contributed by atoms with Crippen molar-refractivity contribution in [1.29, 1.82) is 0 Å². The van der Waals surface area contributed by atoms with Crippen LogP contribution in [0.4, 0.5) is 4.39 Å². The van der Waals surface area contributed by atoms with Crippen molar-refractivity contribution in [3.63, 3.8) is 0 Å². The zero-order chi connectivity index (χ0) is 24.1. The first-order chi connectivity index (χ1) is 16.2. The number of aryl methyl sites for hydroxylation is 2. The van der Waals surface area contributed by atoms with Gasteiger partial charge in [-0.1, -0.05) is 87.5 Å². The van der Waals surface area contributed by atoms with Crippen LogP contribution in [-0.2, 0) is 11.8 Å². The van der Waals surface area contributed by atoms with Gasteiger partial charge >= 0.3 is 0 Å². The van der Waals surface area contributed by atoms with Gasteiger partial charge in [-0.25, -0.2) is 4.39 Å². The Bertz CT molecular complexity index is 1270. The third-order valence-electron chi connectivity index (χ3n) is 7.43. The summed E-state index contributed by atoms with van der Waals surface area (Å²) in [5.74, 6) is -0.125. The number of alkyl halides is 1. The van der Waals surface area contributed by atoms with E-state index in [4.69, 9.17) is 0 Å². The van der Waals surface area contributed by atoms with E-state index in [1.165, 1.54) is 11.1 Å². The van der Waals surface area contributed by atoms with Gasteiger partial charge in [0.05, 0.1) is 12.6 Å². The second kappa shape index (κ2) is 8.23. The zero-order valence-corrected chi connectivity index (χ0v) is 20.4. The Labute approximate surface area is 202 Å². The van der Waals surface area contributed by atoms with E-state index in [0.29, 0.717) is 18.4 Å². The average molecular weight is 454 g/mol. The van der Waals surface area contributed by atoms with Crippen LogP contribution in [0.2, 0.25) is 0 Å². The molecule has 0 bridgehead atoms. The number of carbonyl (C=O) groups is 1. The van der Waals surface area contributed by atoms with Gasteiger partial charge in [0.2, 0.25) is 0 Å². The summed E-state index contributed by atoms with van der Waals surface area (Å²) in [7, 11) is 0. The van der Waals surface area contributed by atoms with Gasteiger partial charge in [0.25, 0.3) is 5.91 Å². The van der Waals surface area contributed by atoms with Gasteiger partial charge in [-0.15, -0.1) is 0 Å². The van der Waals surface area contributed by atoms with Crippen LogP contribution in [0.5, 0.6) is 0 Å². The van der Waals surface area contributed by atoms with Gasteiger partial charge in [-0.05, 0) is 70.7 Å². The fraction of sp³-hybridized carbons (Fsp3) is 0.323. The lowest BCUT2D eigenvalue weighted by atomic mass is 9.73. The molecule has 1 aliphatic carbocycles. The molecule has 0 aromatic heterocycles. The van der Waals surface area contributed by atoms with E-state index in [1.807, 2.05) is 60.7 Å². The van der Waals surface area contributed by atoms with Crippen molar-refractivity contribution in [1.82, 2.24) is 4.90 Å². The van der Waals surface area contributed by atoms with Gasteiger partial charge in [0, 0.05) is 5.56 Å². The molecule has 2 aliphatic rings. The Morgan fingerprint density at radius 1 is 0.971 bits per heavy atom. The topological polar surface area (TPSA) is 20.3 Å². The minimum atomic E-state index is -1.55. The molecule has 1 heterocycles. The van der Waals surface area contributed by atoms with Crippen LogP contribution in [0.3, 0.4) is 0 Å². The summed E-state index contributed by atoms with van der Waals surface area (Å²) >= 11 is 0. The van der Waals surface area contributed by atoms with Crippen molar-refractivity contribution in [2.24, 2.45) is 0 Å². The predicted octanol–water partition coefficient (Wildman–Crippen LogP) is 7.23. The first-order valence-electron chi connectivity index (χ1n) is 12.1. The van der Waals surface area contributed by atoms with Gasteiger partial charge in [-0.3, -0.25) is 4.79 Å². The lowest BCUT2D eigenvalue weighted by Crippen LogP contribution is -2.50. The summed E-state index contributed by atoms with van der Waals surface area (Å²) in [5, 5.41) is 0. The number of amides is 1. The fourth-order valence-corrected chi connectivity index (χ4v) is 5.38. The van der Waals surface area contributed by atoms with E-state index in [0.717, 1.165) is 22.3 Å². The molecule has 3 aromatic carbocycles. The average Bonchev–Trinajstić information content (AvgIpc) is 2.82. The normalized spacial score (nSPS) is 22.0. The van der Waals surface area contributed by atoms with Crippen LogP contribution in [-0.4, -0.2) is 23.0 Å². The Balaban J connectivity index is 1.61. The summed E-state index contributed by atoms with van der Waals surface area (Å²) in [6.07, 6.45) is 3.08. The highest BCUT2D eigenvalue weighted by molar-refractivity contribution is 5.96. The van der Waals surface area contributed by atoms with Crippen LogP contribution in [0.15, 0.2) is 78.9 Å². The molecular weight excluding hydrogens is 421 g/mol. The quantitative estimate of drug-likeness (QED) is 0.401. The van der Waals surface area contributed by atoms with Crippen LogP contribution in [0.25, 0.3) is 5.57 Å². The molecule has 0 radical (unpaired) electrons. The van der Waals surface area contributed by atoms with Crippen LogP contribution in [0, 0.1) is 6.92 Å². The molecule has 5 rings (SSSR count). The van der Waals surface area contributed by atoms with Crippen LogP contribution in [0.1, 0.15) is 71.4 Å². The van der Waals surface area contributed by atoms with Gasteiger partial charge < -0.3 is 4.90 Å². The fourth-order valence-electron chi connectivity index (χ4n) is 5.38. The molecule has 0 saturated carbocycles. The molecule has 3 heteroatoms. The molecule has 0 unspecified atom stereocenters. The highest BCUT2D eigenvalue weighted by Gasteiger charge is 2.47. The summed E-state index contributed by atoms with van der Waals surface area (Å²) in [6.45, 7) is 8.58. The summed E-state index contributed by atoms with van der Waals surface area (Å²) < 4.78 is 16.6. The minimum absolute atomic E-state index is 0.00646. The number of benzene rings is 3. The number of rotatable bonds is 2. The third-order valence-corrected chi connectivity index (χ3v) is 7.43. The van der Waals surface area contributed by atoms with Crippen molar-refractivity contribution in [2.75, 3.05) is 6.54 Å². The molecule has 0 spiro atoms. The minimum Gasteiger partial charge on any atom is -0.325 e. The first kappa shape index (κ1) is 22.6. The highest BCUT2D eigenvalue weighted by Crippen LogP contribution is 2.48. The maximum absolute atomic E-state index is 16.6. The summed E-state index contributed by atoms with van der Waals surface area (Å²) in [5.41, 5.74) is 5.27. The monoisotopic (exact) mass is 453 g/mol. The maximum Gasteiger partial charge on any atom is 0.254 e. The molecule has 0 N–H and O–H groups in total. The summed E-state index contributed by atoms with van der Waals surface area (Å²) in [6, 6.07) is 23.7. The molecule has 3 aromatic rings. The molecular formula is C31H32FNO. The lowest BCUT2D eigenvalue weighted by Gasteiger charge is -2.45. The van der Waals surface area contributed by atoms with Crippen LogP contribution >= 0.6 is 0 Å². The van der Waals surface area contributed by atoms with Crippen molar-refractivity contribution in [3.8, 4) is 0 Å². The van der Waals surface area contributed by atoms with Crippen molar-refractivity contribution in [3.05, 3.63) is 112 Å². The predicted molar refractivity (Wildman–Crippen MR) is 137 cm³/mol. The van der Waals surface area contributed by atoms with Gasteiger partial charge in [-0.2, -0.15) is 0 Å². The smallest absolute Gasteiger partial charge is 0.254 e. The molecule has 34 heavy (non-hydrogen) atoms. The Morgan fingerprint density at radius 2 is 1.65 bits per heavy atom. The van der Waals surface area contributed by atoms with Crippen LogP contribution < -0.4 is 0 Å². The second-order valence-corrected chi connectivity index (χ2v) is 10.8. The number of hydrogen-bond acceptors (Lipinski definition) is 1. The number of halogens is 1. The van der Waals surface area contributed by atoms with Crippen molar-refractivity contribution < 1.29 is 9.18 Å². The molecule has 1 aliphatic heterocycles. The molecule has 0 fully saturated rings. The summed E-state index contributed by atoms with van der Waals surface area (Å²) in [4.78, 5) is 15.6. The molecule has 2 nitrogen and oxygen atoms in total. The lowest BCUT2D eigenvalue weighted by molar-refractivity contribution is 0.0541. The Morgan fingerprint density at radius 3 is 2.35 bits per heavy atom. The molecule has 2 atom stereocenters. The standard InChI is InChI=1S/C31H32FNO/c1-21-9-5-7-11-25(21)28-19-27-26-12-8-6-10-22(26)17-18-31(27,32)20-33(28)29(34)23-13-15-24(16-14-23)30(2,3)4/h5-16,19,28H,17-18,20H2,1-4H3/t28-,31-/m1/s1. The number of hydrogen-bond donors (Lipinski definition) is 0. The van der Waals surface area contributed by atoms with E-state index in [-0.39, 0.29) is 23.9 Å². The number of carbonyl (C=O) groups excluding carboxylic acids is 1. The van der Waals surface area contributed by atoms with Crippen molar-refractivity contribution >= 4 is 11.5 Å². The number of fused-ring (bicyclic) bond motifs is 3. The highest BCUT2D eigenvalue weighted by atomic mass is 19.1.